The molecule has 1 atom stereocenters. The van der Waals surface area contributed by atoms with Gasteiger partial charge >= 0.3 is 0 Å². The van der Waals surface area contributed by atoms with Gasteiger partial charge in [0.25, 0.3) is 0 Å². The smallest absolute Gasteiger partial charge is 0.119 e. The molecule has 1 rings (SSSR count). The van der Waals surface area contributed by atoms with E-state index in [4.69, 9.17) is 11.2 Å². The molecule has 1 unspecified atom stereocenters. The van der Waals surface area contributed by atoms with Crippen molar-refractivity contribution in [2.45, 2.75) is 32.6 Å². The maximum atomic E-state index is 5.47. The molecule has 15 heavy (non-hydrogen) atoms. The summed E-state index contributed by atoms with van der Waals surface area (Å²) in [6, 6.07) is 8.27. The van der Waals surface area contributed by atoms with E-state index in [2.05, 4.69) is 31.9 Å². The average molecular weight is 202 g/mol. The van der Waals surface area contributed by atoms with Gasteiger partial charge in [0.2, 0.25) is 0 Å². The molecule has 0 aromatic heterocycles. The Balaban J connectivity index is 2.53. The third-order valence-corrected chi connectivity index (χ3v) is 2.58. The minimum Gasteiger partial charge on any atom is -0.493 e. The van der Waals surface area contributed by atoms with E-state index in [-0.39, 0.29) is 0 Å². The zero-order chi connectivity index (χ0) is 11.1. The summed E-state index contributed by atoms with van der Waals surface area (Å²) in [6.07, 6.45) is 6.97. The molecule has 0 bridgehead atoms. The van der Waals surface area contributed by atoms with Crippen molar-refractivity contribution in [1.82, 2.24) is 0 Å². The van der Waals surface area contributed by atoms with E-state index in [9.17, 15) is 0 Å². The highest BCUT2D eigenvalue weighted by atomic mass is 16.5. The van der Waals surface area contributed by atoms with Gasteiger partial charge in [-0.3, -0.25) is 0 Å². The highest BCUT2D eigenvalue weighted by molar-refractivity contribution is 5.29. The van der Waals surface area contributed by atoms with E-state index in [1.807, 2.05) is 12.1 Å². The molecular formula is C14H18O. The fourth-order valence-corrected chi connectivity index (χ4v) is 1.36. The molecule has 0 radical (unpaired) electrons. The van der Waals surface area contributed by atoms with Crippen LogP contribution >= 0.6 is 0 Å². The topological polar surface area (TPSA) is 9.23 Å². The Hall–Kier alpha value is -1.42. The van der Waals surface area contributed by atoms with Crippen LogP contribution < -0.4 is 4.74 Å². The molecule has 1 aromatic rings. The van der Waals surface area contributed by atoms with Crippen molar-refractivity contribution in [3.8, 4) is 18.1 Å². The van der Waals surface area contributed by atoms with Crippen LogP contribution in [0.1, 0.15) is 38.2 Å². The number of ether oxygens (including phenoxy) is 1. The van der Waals surface area contributed by atoms with Crippen LogP contribution in [0.4, 0.5) is 0 Å². The fraction of sp³-hybridized carbons (Fsp3) is 0.429. The van der Waals surface area contributed by atoms with Crippen molar-refractivity contribution in [1.29, 1.82) is 0 Å². The Labute approximate surface area is 92.5 Å². The van der Waals surface area contributed by atoms with Gasteiger partial charge in [0.15, 0.2) is 0 Å². The van der Waals surface area contributed by atoms with Gasteiger partial charge in [-0.1, -0.05) is 26.0 Å². The summed E-state index contributed by atoms with van der Waals surface area (Å²) in [5.41, 5.74) is 1.36. The summed E-state index contributed by atoms with van der Waals surface area (Å²) in [4.78, 5) is 0. The molecule has 0 saturated carbocycles. The Morgan fingerprint density at radius 3 is 2.53 bits per heavy atom. The first-order valence-corrected chi connectivity index (χ1v) is 5.44. The number of hydrogen-bond donors (Lipinski definition) is 0. The summed E-state index contributed by atoms with van der Waals surface area (Å²) >= 11 is 0. The average Bonchev–Trinajstić information content (AvgIpc) is 2.29. The Bertz CT molecular complexity index is 318. The molecule has 1 heteroatoms. The van der Waals surface area contributed by atoms with Gasteiger partial charge in [-0.15, -0.1) is 12.3 Å². The predicted molar refractivity (Wildman–Crippen MR) is 64.1 cm³/mol. The van der Waals surface area contributed by atoms with E-state index in [1.54, 1.807) is 0 Å². The minimum atomic E-state index is 0.596. The van der Waals surface area contributed by atoms with E-state index in [0.717, 1.165) is 12.2 Å². The van der Waals surface area contributed by atoms with Crippen LogP contribution in [0.5, 0.6) is 5.75 Å². The first-order chi connectivity index (χ1) is 7.27. The zero-order valence-corrected chi connectivity index (χ0v) is 9.49. The second-order valence-corrected chi connectivity index (χ2v) is 3.68. The van der Waals surface area contributed by atoms with E-state index >= 15 is 0 Å². The van der Waals surface area contributed by atoms with Gasteiger partial charge in [-0.2, -0.15) is 0 Å². The highest BCUT2D eigenvalue weighted by Gasteiger charge is 2.02. The first kappa shape index (κ1) is 11.7. The van der Waals surface area contributed by atoms with E-state index in [0.29, 0.717) is 18.9 Å². The monoisotopic (exact) mass is 202 g/mol. The largest absolute Gasteiger partial charge is 0.493 e. The van der Waals surface area contributed by atoms with Crippen molar-refractivity contribution < 1.29 is 4.74 Å². The van der Waals surface area contributed by atoms with Crippen molar-refractivity contribution in [3.05, 3.63) is 29.8 Å². The van der Waals surface area contributed by atoms with Gasteiger partial charge in [0.1, 0.15) is 5.75 Å². The van der Waals surface area contributed by atoms with Crippen LogP contribution in [0.2, 0.25) is 0 Å². The van der Waals surface area contributed by atoms with Crippen molar-refractivity contribution in [2.24, 2.45) is 0 Å². The third-order valence-electron chi connectivity index (χ3n) is 2.58. The van der Waals surface area contributed by atoms with Crippen LogP contribution in [0, 0.1) is 12.3 Å². The summed E-state index contributed by atoms with van der Waals surface area (Å²) in [5.74, 6) is 4.07. The third kappa shape index (κ3) is 3.67. The lowest BCUT2D eigenvalue weighted by Crippen LogP contribution is -1.96. The lowest BCUT2D eigenvalue weighted by molar-refractivity contribution is 0.327. The maximum absolute atomic E-state index is 5.47. The second-order valence-electron chi connectivity index (χ2n) is 3.68. The van der Waals surface area contributed by atoms with Crippen molar-refractivity contribution >= 4 is 0 Å². The van der Waals surface area contributed by atoms with Gasteiger partial charge in [-0.05, 0) is 30.0 Å². The molecule has 0 fully saturated rings. The lowest BCUT2D eigenvalue weighted by atomic mass is 9.99. The molecule has 1 nitrogen and oxygen atoms in total. The molecule has 0 saturated heterocycles. The van der Waals surface area contributed by atoms with Gasteiger partial charge in [-0.25, -0.2) is 0 Å². The molecule has 80 valence electrons. The SMILES string of the molecule is C#CCCOc1ccc(C(C)CC)cc1. The molecular weight excluding hydrogens is 184 g/mol. The predicted octanol–water partition coefficient (Wildman–Crippen LogP) is 3.60. The van der Waals surface area contributed by atoms with Gasteiger partial charge < -0.3 is 4.74 Å². The molecule has 0 N–H and O–H groups in total. The molecule has 0 heterocycles. The van der Waals surface area contributed by atoms with E-state index < -0.39 is 0 Å². The summed E-state index contributed by atoms with van der Waals surface area (Å²) in [6.45, 7) is 5.02. The summed E-state index contributed by atoms with van der Waals surface area (Å²) in [5, 5.41) is 0. The van der Waals surface area contributed by atoms with Gasteiger partial charge in [0, 0.05) is 6.42 Å². The number of hydrogen-bond acceptors (Lipinski definition) is 1. The Kier molecular flexibility index (Phi) is 4.77. The Morgan fingerprint density at radius 2 is 2.00 bits per heavy atom. The zero-order valence-electron chi connectivity index (χ0n) is 9.49. The molecule has 1 aromatic carbocycles. The maximum Gasteiger partial charge on any atom is 0.119 e. The Morgan fingerprint density at radius 1 is 1.33 bits per heavy atom. The van der Waals surface area contributed by atoms with Crippen LogP contribution in [-0.4, -0.2) is 6.61 Å². The highest BCUT2D eigenvalue weighted by Crippen LogP contribution is 2.21. The second kappa shape index (κ2) is 6.14. The number of terminal acetylenes is 1. The molecule has 0 spiro atoms. The molecule has 0 aliphatic rings. The number of rotatable bonds is 5. The van der Waals surface area contributed by atoms with Crippen LogP contribution in [0.3, 0.4) is 0 Å². The fourth-order valence-electron chi connectivity index (χ4n) is 1.36. The minimum absolute atomic E-state index is 0.596. The van der Waals surface area contributed by atoms with Crippen molar-refractivity contribution in [3.63, 3.8) is 0 Å². The van der Waals surface area contributed by atoms with Crippen LogP contribution in [-0.2, 0) is 0 Å². The quantitative estimate of drug-likeness (QED) is 0.523. The first-order valence-electron chi connectivity index (χ1n) is 5.44. The molecule has 0 aliphatic carbocycles. The lowest BCUT2D eigenvalue weighted by Gasteiger charge is -2.10. The van der Waals surface area contributed by atoms with Crippen molar-refractivity contribution in [2.75, 3.05) is 6.61 Å². The van der Waals surface area contributed by atoms with Gasteiger partial charge in [0.05, 0.1) is 6.61 Å². The van der Waals surface area contributed by atoms with Crippen LogP contribution in [0.15, 0.2) is 24.3 Å². The summed E-state index contributed by atoms with van der Waals surface area (Å²) in [7, 11) is 0. The van der Waals surface area contributed by atoms with Crippen LogP contribution in [0.25, 0.3) is 0 Å². The molecule has 0 aliphatic heterocycles. The van der Waals surface area contributed by atoms with E-state index in [1.165, 1.54) is 5.56 Å². The normalized spacial score (nSPS) is 11.8. The standard InChI is InChI=1S/C14H18O/c1-4-6-11-15-14-9-7-13(8-10-14)12(3)5-2/h1,7-10,12H,5-6,11H2,2-3H3. The summed E-state index contributed by atoms with van der Waals surface area (Å²) < 4.78 is 5.47. The molecule has 0 amide bonds. The number of benzene rings is 1.